The Morgan fingerprint density at radius 1 is 1.27 bits per heavy atom. The summed E-state index contributed by atoms with van der Waals surface area (Å²) in [6.45, 7) is 5.53. The van der Waals surface area contributed by atoms with Gasteiger partial charge < -0.3 is 15.0 Å². The van der Waals surface area contributed by atoms with E-state index in [-0.39, 0.29) is 11.8 Å². The van der Waals surface area contributed by atoms with Crippen molar-refractivity contribution in [2.45, 2.75) is 45.1 Å². The van der Waals surface area contributed by atoms with Gasteiger partial charge in [0.25, 0.3) is 0 Å². The first-order chi connectivity index (χ1) is 12.7. The maximum Gasteiger partial charge on any atom is 0.223 e. The molecule has 2 aromatic rings. The maximum absolute atomic E-state index is 12.6. The monoisotopic (exact) mass is 373 g/mol. The molecule has 1 N–H and O–H groups in total. The van der Waals surface area contributed by atoms with Crippen molar-refractivity contribution in [2.24, 2.45) is 5.92 Å². The van der Waals surface area contributed by atoms with E-state index in [1.807, 2.05) is 0 Å². The molecule has 2 saturated heterocycles. The van der Waals surface area contributed by atoms with Crippen molar-refractivity contribution in [1.82, 2.24) is 10.3 Å². The first-order valence-corrected chi connectivity index (χ1v) is 10.6. The van der Waals surface area contributed by atoms with Gasteiger partial charge in [-0.05, 0) is 43.7 Å². The zero-order chi connectivity index (χ0) is 17.9. The molecular weight excluding hydrogens is 346 g/mol. The van der Waals surface area contributed by atoms with Crippen molar-refractivity contribution >= 4 is 32.6 Å². The van der Waals surface area contributed by atoms with Crippen molar-refractivity contribution in [1.29, 1.82) is 0 Å². The molecule has 0 spiro atoms. The highest BCUT2D eigenvalue weighted by atomic mass is 32.1. The molecule has 140 valence electrons. The fourth-order valence-corrected chi connectivity index (χ4v) is 4.97. The van der Waals surface area contributed by atoms with Crippen molar-refractivity contribution in [2.75, 3.05) is 31.2 Å². The van der Waals surface area contributed by atoms with Gasteiger partial charge in [0.05, 0.1) is 10.2 Å². The minimum absolute atomic E-state index is 0.134. The summed E-state index contributed by atoms with van der Waals surface area (Å²) in [7, 11) is 0. The molecule has 0 saturated carbocycles. The number of carbonyl (C=O) groups is 1. The molecule has 26 heavy (non-hydrogen) atoms. The van der Waals surface area contributed by atoms with Gasteiger partial charge in [-0.2, -0.15) is 0 Å². The molecular formula is C20H27N3O2S. The summed E-state index contributed by atoms with van der Waals surface area (Å²) in [5.41, 5.74) is 2.46. The van der Waals surface area contributed by atoms with Gasteiger partial charge in [0.15, 0.2) is 5.13 Å². The predicted molar refractivity (Wildman–Crippen MR) is 106 cm³/mol. The molecule has 1 aromatic heterocycles. The Labute approximate surface area is 158 Å². The molecule has 2 aliphatic heterocycles. The lowest BCUT2D eigenvalue weighted by molar-refractivity contribution is -0.126. The summed E-state index contributed by atoms with van der Waals surface area (Å²) < 4.78 is 6.63. The number of rotatable bonds is 4. The van der Waals surface area contributed by atoms with Gasteiger partial charge >= 0.3 is 0 Å². The summed E-state index contributed by atoms with van der Waals surface area (Å²) in [5.74, 6) is 0.365. The number of ether oxygens (including phenoxy) is 1. The van der Waals surface area contributed by atoms with Crippen molar-refractivity contribution in [3.8, 4) is 0 Å². The molecule has 0 unspecified atom stereocenters. The lowest BCUT2D eigenvalue weighted by Gasteiger charge is -2.32. The zero-order valence-corrected chi connectivity index (χ0v) is 16.2. The van der Waals surface area contributed by atoms with E-state index in [2.05, 4.69) is 35.3 Å². The summed E-state index contributed by atoms with van der Waals surface area (Å²) in [4.78, 5) is 19.8. The molecule has 5 nitrogen and oxygen atoms in total. The normalized spacial score (nSPS) is 19.8. The van der Waals surface area contributed by atoms with Crippen LogP contribution in [0.4, 0.5) is 5.13 Å². The minimum Gasteiger partial charge on any atom is -0.381 e. The van der Waals surface area contributed by atoms with Gasteiger partial charge in [-0.15, -0.1) is 0 Å². The van der Waals surface area contributed by atoms with Gasteiger partial charge in [-0.3, -0.25) is 4.79 Å². The molecule has 2 fully saturated rings. The average Bonchev–Trinajstić information content (AvgIpc) is 3.13. The number of thiazole rings is 1. The molecule has 0 bridgehead atoms. The van der Waals surface area contributed by atoms with Gasteiger partial charge in [0.1, 0.15) is 0 Å². The predicted octanol–water partition coefficient (Wildman–Crippen LogP) is 3.37. The summed E-state index contributed by atoms with van der Waals surface area (Å²) in [6, 6.07) is 6.74. The van der Waals surface area contributed by atoms with Crippen LogP contribution in [0.5, 0.6) is 0 Å². The smallest absolute Gasteiger partial charge is 0.223 e. The molecule has 0 atom stereocenters. The summed E-state index contributed by atoms with van der Waals surface area (Å²) >= 11 is 1.77. The quantitative estimate of drug-likeness (QED) is 0.893. The van der Waals surface area contributed by atoms with E-state index in [0.717, 1.165) is 69.1 Å². The largest absolute Gasteiger partial charge is 0.381 e. The van der Waals surface area contributed by atoms with Gasteiger partial charge in [-0.1, -0.05) is 30.4 Å². The van der Waals surface area contributed by atoms with E-state index < -0.39 is 0 Å². The minimum atomic E-state index is 0.134. The second kappa shape index (κ2) is 7.92. The third-order valence-corrected chi connectivity index (χ3v) is 6.66. The summed E-state index contributed by atoms with van der Waals surface area (Å²) in [5, 5.41) is 4.33. The number of aromatic nitrogens is 1. The van der Waals surface area contributed by atoms with E-state index in [1.165, 1.54) is 10.3 Å². The summed E-state index contributed by atoms with van der Waals surface area (Å²) in [6.07, 6.45) is 4.71. The number of hydrogen-bond acceptors (Lipinski definition) is 5. The van der Waals surface area contributed by atoms with Crippen LogP contribution in [0.15, 0.2) is 18.2 Å². The van der Waals surface area contributed by atoms with E-state index in [1.54, 1.807) is 11.3 Å². The Bertz CT molecular complexity index is 762. The van der Waals surface area contributed by atoms with E-state index >= 15 is 0 Å². The second-order valence-electron chi connectivity index (χ2n) is 7.27. The number of fused-ring (bicyclic) bond motifs is 1. The Balaban J connectivity index is 1.36. The molecule has 6 heteroatoms. The van der Waals surface area contributed by atoms with Gasteiger partial charge in [0.2, 0.25) is 5.91 Å². The van der Waals surface area contributed by atoms with Crippen LogP contribution in [0.25, 0.3) is 10.2 Å². The van der Waals surface area contributed by atoms with Gasteiger partial charge in [0, 0.05) is 38.3 Å². The number of piperidine rings is 1. The Morgan fingerprint density at radius 3 is 2.77 bits per heavy atom. The number of para-hydroxylation sites is 1. The van der Waals surface area contributed by atoms with E-state index in [0.29, 0.717) is 6.04 Å². The standard InChI is InChI=1S/C20H27N3O2S/c1-2-14-4-3-5-17-18(14)22-20(26-17)23-10-6-15(7-11-23)19(24)21-16-8-12-25-13-9-16/h3-5,15-16H,2,6-13H2,1H3,(H,21,24). The third kappa shape index (κ3) is 3.71. The number of nitrogens with zero attached hydrogens (tertiary/aromatic N) is 2. The second-order valence-corrected chi connectivity index (χ2v) is 8.28. The Kier molecular flexibility index (Phi) is 5.41. The van der Waals surface area contributed by atoms with Gasteiger partial charge in [-0.25, -0.2) is 4.98 Å². The Hall–Kier alpha value is -1.66. The van der Waals surface area contributed by atoms with Crippen LogP contribution in [0.2, 0.25) is 0 Å². The van der Waals surface area contributed by atoms with Crippen LogP contribution in [0.3, 0.4) is 0 Å². The van der Waals surface area contributed by atoms with E-state index in [4.69, 9.17) is 9.72 Å². The van der Waals surface area contributed by atoms with E-state index in [9.17, 15) is 4.79 Å². The first kappa shape index (κ1) is 17.7. The number of nitrogens with one attached hydrogen (secondary N) is 1. The maximum atomic E-state index is 12.6. The molecule has 1 amide bonds. The SMILES string of the molecule is CCc1cccc2sc(N3CCC(C(=O)NC4CCOCC4)CC3)nc12. The highest BCUT2D eigenvalue weighted by Crippen LogP contribution is 2.33. The highest BCUT2D eigenvalue weighted by Gasteiger charge is 2.28. The highest BCUT2D eigenvalue weighted by molar-refractivity contribution is 7.22. The van der Waals surface area contributed by atoms with Crippen LogP contribution in [-0.4, -0.2) is 43.2 Å². The van der Waals surface area contributed by atoms with Crippen molar-refractivity contribution in [3.63, 3.8) is 0 Å². The molecule has 3 heterocycles. The van der Waals surface area contributed by atoms with Crippen LogP contribution in [0, 0.1) is 5.92 Å². The number of carbonyl (C=O) groups excluding carboxylic acids is 1. The van der Waals surface area contributed by atoms with Crippen molar-refractivity contribution in [3.05, 3.63) is 23.8 Å². The molecule has 1 aromatic carbocycles. The van der Waals surface area contributed by atoms with Crippen LogP contribution in [0.1, 0.15) is 38.2 Å². The number of anilines is 1. The number of benzene rings is 1. The zero-order valence-electron chi connectivity index (χ0n) is 15.4. The van der Waals surface area contributed by atoms with Crippen molar-refractivity contribution < 1.29 is 9.53 Å². The topological polar surface area (TPSA) is 54.5 Å². The lowest BCUT2D eigenvalue weighted by atomic mass is 9.95. The first-order valence-electron chi connectivity index (χ1n) is 9.76. The van der Waals surface area contributed by atoms with Crippen LogP contribution >= 0.6 is 11.3 Å². The fraction of sp³-hybridized carbons (Fsp3) is 0.600. The Morgan fingerprint density at radius 2 is 2.04 bits per heavy atom. The number of aryl methyl sites for hydroxylation is 1. The average molecular weight is 374 g/mol. The third-order valence-electron chi connectivity index (χ3n) is 5.58. The number of amides is 1. The molecule has 0 aliphatic carbocycles. The lowest BCUT2D eigenvalue weighted by Crippen LogP contribution is -2.45. The molecule has 4 rings (SSSR count). The van der Waals surface area contributed by atoms with Crippen LogP contribution in [-0.2, 0) is 16.0 Å². The number of hydrogen-bond donors (Lipinski definition) is 1. The fourth-order valence-electron chi connectivity index (χ4n) is 3.91. The molecule has 2 aliphatic rings. The van der Waals surface area contributed by atoms with Crippen LogP contribution < -0.4 is 10.2 Å². The molecule has 0 radical (unpaired) electrons.